The number of aromatic nitrogens is 2. The number of nitrogens with one attached hydrogen (secondary N) is 3. The van der Waals surface area contributed by atoms with Crippen molar-refractivity contribution in [3.8, 4) is 0 Å². The Morgan fingerprint density at radius 2 is 2.06 bits per heavy atom. The van der Waals surface area contributed by atoms with Crippen molar-refractivity contribution < 1.29 is 9.90 Å². The predicted octanol–water partition coefficient (Wildman–Crippen LogP) is 0.177. The highest BCUT2D eigenvalue weighted by atomic mass is 16.3. The fourth-order valence-corrected chi connectivity index (χ4v) is 1.44. The molecule has 0 aliphatic heterocycles. The van der Waals surface area contributed by atoms with E-state index >= 15 is 0 Å². The van der Waals surface area contributed by atoms with Crippen molar-refractivity contribution in [2.75, 3.05) is 11.9 Å². The molecule has 0 fully saturated rings. The third-order valence-electron chi connectivity index (χ3n) is 2.14. The summed E-state index contributed by atoms with van der Waals surface area (Å²) in [5.74, 6) is -0.264. The number of anilines is 1. The third-order valence-corrected chi connectivity index (χ3v) is 2.14. The maximum atomic E-state index is 11.2. The van der Waals surface area contributed by atoms with Crippen LogP contribution < -0.4 is 11.0 Å². The van der Waals surface area contributed by atoms with E-state index in [4.69, 9.17) is 5.11 Å². The molecule has 1 aromatic carbocycles. The Kier molecular flexibility index (Phi) is 2.74. The predicted molar refractivity (Wildman–Crippen MR) is 59.3 cm³/mol. The lowest BCUT2D eigenvalue weighted by molar-refractivity contribution is -0.116. The standard InChI is InChI=1S/C10H11N3O3/c14-4-3-9(15)11-6-1-2-7-8(5-6)13-10(16)12-7/h1-2,5,14H,3-4H2,(H,11,15)(H2,12,13,16). The number of fused-ring (bicyclic) bond motifs is 1. The first kappa shape index (κ1) is 10.4. The first-order valence-corrected chi connectivity index (χ1v) is 4.82. The van der Waals surface area contributed by atoms with Crippen LogP contribution in [-0.4, -0.2) is 27.6 Å². The average Bonchev–Trinajstić information content (AvgIpc) is 2.57. The van der Waals surface area contributed by atoms with Crippen LogP contribution in [0.4, 0.5) is 5.69 Å². The molecule has 2 rings (SSSR count). The van der Waals surface area contributed by atoms with E-state index in [1.807, 2.05) is 0 Å². The highest BCUT2D eigenvalue weighted by molar-refractivity contribution is 5.92. The average molecular weight is 221 g/mol. The van der Waals surface area contributed by atoms with Gasteiger partial charge in [-0.05, 0) is 18.2 Å². The van der Waals surface area contributed by atoms with Crippen molar-refractivity contribution in [2.24, 2.45) is 0 Å². The summed E-state index contributed by atoms with van der Waals surface area (Å²) < 4.78 is 0. The van der Waals surface area contributed by atoms with E-state index in [0.29, 0.717) is 16.7 Å². The number of carbonyl (C=O) groups excluding carboxylic acids is 1. The summed E-state index contributed by atoms with van der Waals surface area (Å²) in [5, 5.41) is 11.2. The number of imidazole rings is 1. The van der Waals surface area contributed by atoms with Gasteiger partial charge < -0.3 is 20.4 Å². The van der Waals surface area contributed by atoms with Gasteiger partial charge in [0, 0.05) is 5.69 Å². The van der Waals surface area contributed by atoms with Crippen molar-refractivity contribution in [1.82, 2.24) is 9.97 Å². The SMILES string of the molecule is O=C(CCO)Nc1ccc2[nH]c(=O)[nH]c2c1. The first-order valence-electron chi connectivity index (χ1n) is 4.82. The lowest BCUT2D eigenvalue weighted by atomic mass is 10.2. The van der Waals surface area contributed by atoms with Crippen LogP contribution in [0.5, 0.6) is 0 Å². The molecule has 0 unspecified atom stereocenters. The van der Waals surface area contributed by atoms with E-state index < -0.39 is 0 Å². The summed E-state index contributed by atoms with van der Waals surface area (Å²) in [4.78, 5) is 27.4. The van der Waals surface area contributed by atoms with E-state index in [1.54, 1.807) is 18.2 Å². The number of hydrogen-bond acceptors (Lipinski definition) is 3. The van der Waals surface area contributed by atoms with Gasteiger partial charge in [-0.25, -0.2) is 4.79 Å². The molecule has 0 aliphatic rings. The number of aromatic amines is 2. The number of hydrogen-bond donors (Lipinski definition) is 4. The van der Waals surface area contributed by atoms with Crippen LogP contribution in [0.25, 0.3) is 11.0 Å². The number of H-pyrrole nitrogens is 2. The highest BCUT2D eigenvalue weighted by Gasteiger charge is 2.03. The molecule has 0 spiro atoms. The molecule has 2 aromatic rings. The largest absolute Gasteiger partial charge is 0.396 e. The van der Waals surface area contributed by atoms with Gasteiger partial charge in [0.05, 0.1) is 24.1 Å². The minimum absolute atomic E-state index is 0.0572. The van der Waals surface area contributed by atoms with Gasteiger partial charge in [0.2, 0.25) is 5.91 Å². The Bertz CT molecular complexity index is 570. The second kappa shape index (κ2) is 4.19. The Hall–Kier alpha value is -2.08. The molecule has 1 amide bonds. The van der Waals surface area contributed by atoms with Crippen LogP contribution in [0.2, 0.25) is 0 Å². The van der Waals surface area contributed by atoms with E-state index in [1.165, 1.54) is 0 Å². The summed E-state index contributed by atoms with van der Waals surface area (Å²) >= 11 is 0. The number of rotatable bonds is 3. The summed E-state index contributed by atoms with van der Waals surface area (Å²) in [7, 11) is 0. The van der Waals surface area contributed by atoms with Crippen molar-refractivity contribution in [3.63, 3.8) is 0 Å². The highest BCUT2D eigenvalue weighted by Crippen LogP contribution is 2.14. The number of amides is 1. The summed E-state index contributed by atoms with van der Waals surface area (Å²) in [5.41, 5.74) is 1.62. The van der Waals surface area contributed by atoms with Gasteiger partial charge in [-0.15, -0.1) is 0 Å². The molecule has 1 aromatic heterocycles. The Labute approximate surface area is 90.3 Å². The van der Waals surface area contributed by atoms with E-state index in [-0.39, 0.29) is 24.6 Å². The number of aliphatic hydroxyl groups is 1. The van der Waals surface area contributed by atoms with Gasteiger partial charge in [0.25, 0.3) is 0 Å². The summed E-state index contributed by atoms with van der Waals surface area (Å²) in [6.45, 7) is -0.185. The molecule has 0 saturated carbocycles. The number of carbonyl (C=O) groups is 1. The van der Waals surface area contributed by atoms with Crippen molar-refractivity contribution >= 4 is 22.6 Å². The van der Waals surface area contributed by atoms with Crippen LogP contribution in [-0.2, 0) is 4.79 Å². The molecule has 4 N–H and O–H groups in total. The maximum Gasteiger partial charge on any atom is 0.323 e. The normalized spacial score (nSPS) is 10.6. The monoisotopic (exact) mass is 221 g/mol. The van der Waals surface area contributed by atoms with Crippen molar-refractivity contribution in [2.45, 2.75) is 6.42 Å². The summed E-state index contributed by atoms with van der Waals surface area (Å²) in [6.07, 6.45) is 0.0572. The van der Waals surface area contributed by atoms with Gasteiger partial charge in [-0.3, -0.25) is 4.79 Å². The molecule has 0 radical (unpaired) electrons. The van der Waals surface area contributed by atoms with Gasteiger partial charge in [-0.1, -0.05) is 0 Å². The fourth-order valence-electron chi connectivity index (χ4n) is 1.44. The number of benzene rings is 1. The fraction of sp³-hybridized carbons (Fsp3) is 0.200. The van der Waals surface area contributed by atoms with Crippen LogP contribution in [0.3, 0.4) is 0 Å². The molecule has 84 valence electrons. The molecule has 0 aliphatic carbocycles. The van der Waals surface area contributed by atoms with Gasteiger partial charge in [0.15, 0.2) is 0 Å². The maximum absolute atomic E-state index is 11.2. The first-order chi connectivity index (χ1) is 7.69. The molecule has 6 heteroatoms. The Morgan fingerprint density at radius 1 is 1.31 bits per heavy atom. The van der Waals surface area contributed by atoms with Crippen molar-refractivity contribution in [3.05, 3.63) is 28.7 Å². The van der Waals surface area contributed by atoms with Gasteiger partial charge in [0.1, 0.15) is 0 Å². The second-order valence-corrected chi connectivity index (χ2v) is 3.36. The lowest BCUT2D eigenvalue weighted by Gasteiger charge is -2.03. The molecule has 1 heterocycles. The van der Waals surface area contributed by atoms with Crippen LogP contribution in [0.1, 0.15) is 6.42 Å². The zero-order valence-corrected chi connectivity index (χ0v) is 8.41. The van der Waals surface area contributed by atoms with Gasteiger partial charge in [-0.2, -0.15) is 0 Å². The minimum atomic E-state index is -0.283. The van der Waals surface area contributed by atoms with Crippen molar-refractivity contribution in [1.29, 1.82) is 0 Å². The Balaban J connectivity index is 2.25. The molecule has 0 bridgehead atoms. The van der Waals surface area contributed by atoms with Crippen LogP contribution in [0, 0.1) is 0 Å². The smallest absolute Gasteiger partial charge is 0.323 e. The molecule has 0 saturated heterocycles. The minimum Gasteiger partial charge on any atom is -0.396 e. The van der Waals surface area contributed by atoms with E-state index in [2.05, 4.69) is 15.3 Å². The molecule has 6 nitrogen and oxygen atoms in total. The summed E-state index contributed by atoms with van der Waals surface area (Å²) in [6, 6.07) is 5.03. The van der Waals surface area contributed by atoms with Crippen LogP contribution in [0.15, 0.2) is 23.0 Å². The van der Waals surface area contributed by atoms with Gasteiger partial charge >= 0.3 is 5.69 Å². The zero-order valence-electron chi connectivity index (χ0n) is 8.41. The molecular weight excluding hydrogens is 210 g/mol. The number of aliphatic hydroxyl groups excluding tert-OH is 1. The Morgan fingerprint density at radius 3 is 2.81 bits per heavy atom. The third kappa shape index (κ3) is 2.12. The topological polar surface area (TPSA) is 98.0 Å². The van der Waals surface area contributed by atoms with E-state index in [9.17, 15) is 9.59 Å². The lowest BCUT2D eigenvalue weighted by Crippen LogP contribution is -2.12. The second-order valence-electron chi connectivity index (χ2n) is 3.36. The molecule has 0 atom stereocenters. The molecule has 16 heavy (non-hydrogen) atoms. The molecular formula is C10H11N3O3. The van der Waals surface area contributed by atoms with E-state index in [0.717, 1.165) is 0 Å². The zero-order chi connectivity index (χ0) is 11.5. The quantitative estimate of drug-likeness (QED) is 0.595. The van der Waals surface area contributed by atoms with Crippen LogP contribution >= 0.6 is 0 Å².